The van der Waals surface area contributed by atoms with Crippen molar-refractivity contribution < 1.29 is 9.59 Å². The SMILES string of the molecule is O=C(NC1CCSCC1)C(=O)N1CCCNCC1. The van der Waals surface area contributed by atoms with Gasteiger partial charge in [-0.2, -0.15) is 11.8 Å². The maximum atomic E-state index is 12.0. The third-order valence-corrected chi connectivity index (χ3v) is 4.43. The van der Waals surface area contributed by atoms with E-state index < -0.39 is 5.91 Å². The van der Waals surface area contributed by atoms with Gasteiger partial charge in [-0.1, -0.05) is 0 Å². The van der Waals surface area contributed by atoms with Crippen molar-refractivity contribution in [2.24, 2.45) is 0 Å². The average Bonchev–Trinajstić information content (AvgIpc) is 2.68. The zero-order chi connectivity index (χ0) is 12.8. The Morgan fingerprint density at radius 3 is 2.72 bits per heavy atom. The first-order valence-corrected chi connectivity index (χ1v) is 7.81. The van der Waals surface area contributed by atoms with Crippen LogP contribution < -0.4 is 10.6 Å². The maximum absolute atomic E-state index is 12.0. The lowest BCUT2D eigenvalue weighted by molar-refractivity contribution is -0.146. The maximum Gasteiger partial charge on any atom is 0.311 e. The van der Waals surface area contributed by atoms with Crippen molar-refractivity contribution in [1.82, 2.24) is 15.5 Å². The molecule has 2 saturated heterocycles. The first-order chi connectivity index (χ1) is 8.77. The molecule has 0 aliphatic carbocycles. The summed E-state index contributed by atoms with van der Waals surface area (Å²) < 4.78 is 0. The average molecular weight is 271 g/mol. The molecule has 5 nitrogen and oxygen atoms in total. The molecule has 2 fully saturated rings. The van der Waals surface area contributed by atoms with E-state index in [-0.39, 0.29) is 11.9 Å². The third-order valence-electron chi connectivity index (χ3n) is 3.38. The highest BCUT2D eigenvalue weighted by Crippen LogP contribution is 2.16. The van der Waals surface area contributed by atoms with Gasteiger partial charge in [-0.25, -0.2) is 0 Å². The first kappa shape index (κ1) is 13.7. The Morgan fingerprint density at radius 2 is 1.94 bits per heavy atom. The molecule has 2 aliphatic rings. The quantitative estimate of drug-likeness (QED) is 0.650. The van der Waals surface area contributed by atoms with Crippen molar-refractivity contribution in [2.45, 2.75) is 25.3 Å². The van der Waals surface area contributed by atoms with Crippen LogP contribution in [0.4, 0.5) is 0 Å². The monoisotopic (exact) mass is 271 g/mol. The molecule has 6 heteroatoms. The standard InChI is InChI=1S/C12H21N3O2S/c16-11(14-10-2-8-18-9-3-10)12(17)15-6-1-4-13-5-7-15/h10,13H,1-9H2,(H,14,16). The molecule has 2 N–H and O–H groups in total. The lowest BCUT2D eigenvalue weighted by Gasteiger charge is -2.24. The van der Waals surface area contributed by atoms with Gasteiger partial charge in [-0.15, -0.1) is 0 Å². The Balaban J connectivity index is 1.81. The molecular weight excluding hydrogens is 250 g/mol. The molecule has 0 bridgehead atoms. The van der Waals surface area contributed by atoms with Crippen LogP contribution in [0.1, 0.15) is 19.3 Å². The molecule has 2 heterocycles. The van der Waals surface area contributed by atoms with E-state index in [1.807, 2.05) is 11.8 Å². The molecule has 0 aromatic carbocycles. The van der Waals surface area contributed by atoms with Crippen molar-refractivity contribution >= 4 is 23.6 Å². The summed E-state index contributed by atoms with van der Waals surface area (Å²) in [6.07, 6.45) is 2.87. The van der Waals surface area contributed by atoms with Crippen molar-refractivity contribution in [3.8, 4) is 0 Å². The number of carbonyl (C=O) groups is 2. The van der Waals surface area contributed by atoms with Gasteiger partial charge in [0.2, 0.25) is 0 Å². The molecule has 102 valence electrons. The summed E-state index contributed by atoms with van der Waals surface area (Å²) in [5, 5.41) is 6.10. The number of thioether (sulfide) groups is 1. The molecule has 0 aromatic rings. The zero-order valence-electron chi connectivity index (χ0n) is 10.6. The minimum atomic E-state index is -0.422. The lowest BCUT2D eigenvalue weighted by Crippen LogP contribution is -2.48. The van der Waals surface area contributed by atoms with Crippen LogP contribution in [0.15, 0.2) is 0 Å². The van der Waals surface area contributed by atoms with Gasteiger partial charge in [-0.3, -0.25) is 9.59 Å². The molecule has 0 unspecified atom stereocenters. The summed E-state index contributed by atoms with van der Waals surface area (Å²) in [5.41, 5.74) is 0. The minimum absolute atomic E-state index is 0.188. The second-order valence-electron chi connectivity index (χ2n) is 4.76. The van der Waals surface area contributed by atoms with E-state index in [0.29, 0.717) is 13.1 Å². The smallest absolute Gasteiger partial charge is 0.311 e. The molecule has 0 spiro atoms. The highest BCUT2D eigenvalue weighted by atomic mass is 32.2. The van der Waals surface area contributed by atoms with E-state index >= 15 is 0 Å². The first-order valence-electron chi connectivity index (χ1n) is 6.65. The molecule has 0 atom stereocenters. The van der Waals surface area contributed by atoms with Gasteiger partial charge < -0.3 is 15.5 Å². The third kappa shape index (κ3) is 3.88. The van der Waals surface area contributed by atoms with Crippen LogP contribution in [-0.4, -0.2) is 60.4 Å². The van der Waals surface area contributed by atoms with Gasteiger partial charge >= 0.3 is 11.8 Å². The molecule has 2 rings (SSSR count). The van der Waals surface area contributed by atoms with Crippen LogP contribution in [0.5, 0.6) is 0 Å². The summed E-state index contributed by atoms with van der Waals surface area (Å²) in [6, 6.07) is 0.188. The summed E-state index contributed by atoms with van der Waals surface area (Å²) in [5.74, 6) is 1.37. The molecule has 2 amide bonds. The molecule has 0 aromatic heterocycles. The summed E-state index contributed by atoms with van der Waals surface area (Å²) >= 11 is 1.91. The van der Waals surface area contributed by atoms with Crippen molar-refractivity contribution in [3.63, 3.8) is 0 Å². The van der Waals surface area contributed by atoms with Crippen LogP contribution in [0.25, 0.3) is 0 Å². The van der Waals surface area contributed by atoms with Gasteiger partial charge in [0.25, 0.3) is 0 Å². The summed E-state index contributed by atoms with van der Waals surface area (Å²) in [6.45, 7) is 3.01. The molecule has 0 saturated carbocycles. The van der Waals surface area contributed by atoms with Gasteiger partial charge in [0, 0.05) is 25.7 Å². The topological polar surface area (TPSA) is 61.4 Å². The van der Waals surface area contributed by atoms with Crippen molar-refractivity contribution in [3.05, 3.63) is 0 Å². The van der Waals surface area contributed by atoms with E-state index in [1.54, 1.807) is 4.90 Å². The summed E-state index contributed by atoms with van der Waals surface area (Å²) in [4.78, 5) is 25.6. The van der Waals surface area contributed by atoms with Crippen LogP contribution in [0.3, 0.4) is 0 Å². The molecular formula is C12H21N3O2S. The predicted molar refractivity (Wildman–Crippen MR) is 72.6 cm³/mol. The van der Waals surface area contributed by atoms with E-state index in [9.17, 15) is 9.59 Å². The Hall–Kier alpha value is -0.750. The fraction of sp³-hybridized carbons (Fsp3) is 0.833. The van der Waals surface area contributed by atoms with Gasteiger partial charge in [0.05, 0.1) is 0 Å². The number of amides is 2. The fourth-order valence-electron chi connectivity index (χ4n) is 2.28. The number of nitrogens with one attached hydrogen (secondary N) is 2. The van der Waals surface area contributed by atoms with Crippen LogP contribution >= 0.6 is 11.8 Å². The fourth-order valence-corrected chi connectivity index (χ4v) is 3.39. The van der Waals surface area contributed by atoms with Crippen molar-refractivity contribution in [2.75, 3.05) is 37.7 Å². The summed E-state index contributed by atoms with van der Waals surface area (Å²) in [7, 11) is 0. The highest BCUT2D eigenvalue weighted by molar-refractivity contribution is 7.99. The Kier molecular flexibility index (Phi) is 5.31. The highest BCUT2D eigenvalue weighted by Gasteiger charge is 2.25. The normalized spacial score (nSPS) is 22.3. The van der Waals surface area contributed by atoms with Gasteiger partial charge in [0.1, 0.15) is 0 Å². The molecule has 0 radical (unpaired) electrons. The number of hydrogen-bond acceptors (Lipinski definition) is 4. The number of nitrogens with zero attached hydrogens (tertiary/aromatic N) is 1. The van der Waals surface area contributed by atoms with Crippen LogP contribution in [0, 0.1) is 0 Å². The van der Waals surface area contributed by atoms with Gasteiger partial charge in [0.15, 0.2) is 0 Å². The van der Waals surface area contributed by atoms with E-state index in [2.05, 4.69) is 10.6 Å². The van der Waals surface area contributed by atoms with Crippen molar-refractivity contribution in [1.29, 1.82) is 0 Å². The number of hydrogen-bond donors (Lipinski definition) is 2. The largest absolute Gasteiger partial charge is 0.345 e. The van der Waals surface area contributed by atoms with E-state index in [0.717, 1.165) is 43.9 Å². The Bertz CT molecular complexity index is 298. The Morgan fingerprint density at radius 1 is 1.17 bits per heavy atom. The van der Waals surface area contributed by atoms with Crippen LogP contribution in [-0.2, 0) is 9.59 Å². The van der Waals surface area contributed by atoms with E-state index in [4.69, 9.17) is 0 Å². The molecule has 2 aliphatic heterocycles. The second-order valence-corrected chi connectivity index (χ2v) is 5.98. The van der Waals surface area contributed by atoms with Gasteiger partial charge in [-0.05, 0) is 37.3 Å². The predicted octanol–water partition coefficient (Wildman–Crippen LogP) is -0.180. The van der Waals surface area contributed by atoms with E-state index in [1.165, 1.54) is 0 Å². The van der Waals surface area contributed by atoms with Crippen LogP contribution in [0.2, 0.25) is 0 Å². The molecule has 18 heavy (non-hydrogen) atoms. The second kappa shape index (κ2) is 6.99. The number of rotatable bonds is 1. The lowest BCUT2D eigenvalue weighted by atomic mass is 10.1. The zero-order valence-corrected chi connectivity index (χ0v) is 11.4. The minimum Gasteiger partial charge on any atom is -0.345 e. The number of carbonyl (C=O) groups excluding carboxylic acids is 2. The Labute approximate surface area is 112 Å².